The highest BCUT2D eigenvalue weighted by molar-refractivity contribution is 6.06. The van der Waals surface area contributed by atoms with Crippen molar-refractivity contribution < 1.29 is 18.7 Å². The number of hydrogen-bond acceptors (Lipinski definition) is 3. The van der Waals surface area contributed by atoms with Crippen LogP contribution in [0.15, 0.2) is 84.9 Å². The predicted molar refractivity (Wildman–Crippen MR) is 114 cm³/mol. The highest BCUT2D eigenvalue weighted by Crippen LogP contribution is 2.18. The summed E-state index contributed by atoms with van der Waals surface area (Å²) in [4.78, 5) is 26.5. The molecule has 1 N–H and O–H groups in total. The molecule has 6 heteroatoms. The minimum Gasteiger partial charge on any atom is -0.484 e. The number of para-hydroxylation sites is 1. The van der Waals surface area contributed by atoms with Gasteiger partial charge in [0, 0.05) is 24.3 Å². The molecule has 30 heavy (non-hydrogen) atoms. The van der Waals surface area contributed by atoms with Gasteiger partial charge in [-0.1, -0.05) is 36.4 Å². The number of nitrogens with one attached hydrogen (secondary N) is 1. The van der Waals surface area contributed by atoms with Gasteiger partial charge >= 0.3 is 0 Å². The van der Waals surface area contributed by atoms with Crippen LogP contribution in [-0.2, 0) is 4.79 Å². The van der Waals surface area contributed by atoms with Crippen LogP contribution in [0.1, 0.15) is 16.8 Å². The predicted octanol–water partition coefficient (Wildman–Crippen LogP) is 4.06. The van der Waals surface area contributed by atoms with Crippen molar-refractivity contribution >= 4 is 17.5 Å². The number of amides is 2. The zero-order valence-electron chi connectivity index (χ0n) is 16.5. The van der Waals surface area contributed by atoms with Crippen LogP contribution in [-0.4, -0.2) is 31.5 Å². The molecule has 3 aromatic carbocycles. The number of ether oxygens (including phenoxy) is 1. The number of rotatable bonds is 9. The Morgan fingerprint density at radius 1 is 0.867 bits per heavy atom. The number of hydrogen-bond donors (Lipinski definition) is 1. The van der Waals surface area contributed by atoms with Crippen LogP contribution in [0.4, 0.5) is 10.1 Å². The number of halogens is 1. The fourth-order valence-corrected chi connectivity index (χ4v) is 2.89. The minimum absolute atomic E-state index is 0.0748. The van der Waals surface area contributed by atoms with Gasteiger partial charge in [0.2, 0.25) is 0 Å². The van der Waals surface area contributed by atoms with Crippen molar-refractivity contribution in [1.29, 1.82) is 0 Å². The molecule has 0 unspecified atom stereocenters. The summed E-state index contributed by atoms with van der Waals surface area (Å²) in [5.41, 5.74) is 1.14. The van der Waals surface area contributed by atoms with Gasteiger partial charge in [-0.05, 0) is 55.0 Å². The molecule has 0 aromatic heterocycles. The SMILES string of the molecule is O=C(COc1ccccc1)NCCCN(C(=O)c1ccccc1)c1ccc(F)cc1. The van der Waals surface area contributed by atoms with E-state index < -0.39 is 0 Å². The third-order valence-corrected chi connectivity index (χ3v) is 4.40. The zero-order valence-corrected chi connectivity index (χ0v) is 16.5. The summed E-state index contributed by atoms with van der Waals surface area (Å²) in [6.45, 7) is 0.685. The first-order valence-corrected chi connectivity index (χ1v) is 9.70. The van der Waals surface area contributed by atoms with E-state index in [1.165, 1.54) is 12.1 Å². The fourth-order valence-electron chi connectivity index (χ4n) is 2.89. The molecule has 0 radical (unpaired) electrons. The monoisotopic (exact) mass is 406 g/mol. The van der Waals surface area contributed by atoms with E-state index >= 15 is 0 Å². The van der Waals surface area contributed by atoms with Crippen LogP contribution in [0.25, 0.3) is 0 Å². The minimum atomic E-state index is -0.364. The number of carbonyl (C=O) groups excluding carboxylic acids is 2. The van der Waals surface area contributed by atoms with E-state index in [1.807, 2.05) is 24.3 Å². The lowest BCUT2D eigenvalue weighted by molar-refractivity contribution is -0.123. The van der Waals surface area contributed by atoms with Crippen LogP contribution >= 0.6 is 0 Å². The maximum absolute atomic E-state index is 13.3. The highest BCUT2D eigenvalue weighted by Gasteiger charge is 2.17. The molecular weight excluding hydrogens is 383 g/mol. The van der Waals surface area contributed by atoms with Crippen LogP contribution in [0.2, 0.25) is 0 Å². The summed E-state index contributed by atoms with van der Waals surface area (Å²) >= 11 is 0. The lowest BCUT2D eigenvalue weighted by Crippen LogP contribution is -2.35. The first-order chi connectivity index (χ1) is 14.6. The second-order valence-electron chi connectivity index (χ2n) is 6.60. The molecule has 154 valence electrons. The van der Waals surface area contributed by atoms with E-state index in [0.717, 1.165) is 0 Å². The number of nitrogens with zero attached hydrogens (tertiary/aromatic N) is 1. The third kappa shape index (κ3) is 6.17. The first-order valence-electron chi connectivity index (χ1n) is 9.70. The van der Waals surface area contributed by atoms with Gasteiger partial charge in [0.1, 0.15) is 11.6 Å². The molecule has 0 saturated carbocycles. The fraction of sp³-hybridized carbons (Fsp3) is 0.167. The molecule has 0 atom stereocenters. The summed E-state index contributed by atoms with van der Waals surface area (Å²) in [5, 5.41) is 2.79. The summed E-state index contributed by atoms with van der Waals surface area (Å²) in [6.07, 6.45) is 0.535. The first kappa shape index (κ1) is 21.0. The largest absolute Gasteiger partial charge is 0.484 e. The molecule has 0 saturated heterocycles. The van der Waals surface area contributed by atoms with Crippen LogP contribution in [0.3, 0.4) is 0 Å². The molecule has 0 aliphatic carbocycles. The van der Waals surface area contributed by atoms with E-state index in [2.05, 4.69) is 5.32 Å². The quantitative estimate of drug-likeness (QED) is 0.545. The van der Waals surface area contributed by atoms with Crippen LogP contribution in [0, 0.1) is 5.82 Å². The Bertz CT molecular complexity index is 947. The van der Waals surface area contributed by atoms with Crippen molar-refractivity contribution in [1.82, 2.24) is 5.32 Å². The smallest absolute Gasteiger partial charge is 0.258 e. The molecule has 0 spiro atoms. The lowest BCUT2D eigenvalue weighted by Gasteiger charge is -2.23. The lowest BCUT2D eigenvalue weighted by atomic mass is 10.1. The second-order valence-corrected chi connectivity index (χ2v) is 6.60. The summed E-state index contributed by atoms with van der Waals surface area (Å²) in [6, 6.07) is 23.8. The Balaban J connectivity index is 1.54. The molecule has 0 fully saturated rings. The topological polar surface area (TPSA) is 58.6 Å². The van der Waals surface area contributed by atoms with Gasteiger partial charge in [-0.2, -0.15) is 0 Å². The highest BCUT2D eigenvalue weighted by atomic mass is 19.1. The van der Waals surface area contributed by atoms with Crippen molar-refractivity contribution in [3.63, 3.8) is 0 Å². The second kappa shape index (κ2) is 10.8. The van der Waals surface area contributed by atoms with E-state index in [4.69, 9.17) is 4.74 Å². The zero-order chi connectivity index (χ0) is 21.2. The van der Waals surface area contributed by atoms with Crippen LogP contribution in [0.5, 0.6) is 5.75 Å². The van der Waals surface area contributed by atoms with Gasteiger partial charge in [0.15, 0.2) is 6.61 Å². The maximum Gasteiger partial charge on any atom is 0.258 e. The normalized spacial score (nSPS) is 10.3. The Kier molecular flexibility index (Phi) is 7.55. The molecule has 3 aromatic rings. The summed E-state index contributed by atoms with van der Waals surface area (Å²) in [5.74, 6) is -0.150. The summed E-state index contributed by atoms with van der Waals surface area (Å²) in [7, 11) is 0. The van der Waals surface area contributed by atoms with Crippen molar-refractivity contribution in [3.05, 3.63) is 96.3 Å². The third-order valence-electron chi connectivity index (χ3n) is 4.40. The number of anilines is 1. The molecule has 0 heterocycles. The Morgan fingerprint density at radius 3 is 2.17 bits per heavy atom. The van der Waals surface area contributed by atoms with Gasteiger partial charge < -0.3 is 15.0 Å². The van der Waals surface area contributed by atoms with E-state index in [9.17, 15) is 14.0 Å². The van der Waals surface area contributed by atoms with E-state index in [-0.39, 0.29) is 24.2 Å². The molecular formula is C24H23FN2O3. The van der Waals surface area contributed by atoms with Crippen LogP contribution < -0.4 is 15.0 Å². The Morgan fingerprint density at radius 2 is 1.50 bits per heavy atom. The van der Waals surface area contributed by atoms with Gasteiger partial charge in [-0.3, -0.25) is 9.59 Å². The molecule has 0 bridgehead atoms. The molecule has 0 aliphatic heterocycles. The van der Waals surface area contributed by atoms with Crippen molar-refractivity contribution in [2.45, 2.75) is 6.42 Å². The maximum atomic E-state index is 13.3. The molecule has 5 nitrogen and oxygen atoms in total. The van der Waals surface area contributed by atoms with Crippen molar-refractivity contribution in [3.8, 4) is 5.75 Å². The van der Waals surface area contributed by atoms with E-state index in [1.54, 1.807) is 53.4 Å². The molecule has 2 amide bonds. The average Bonchev–Trinajstić information content (AvgIpc) is 2.79. The average molecular weight is 406 g/mol. The summed E-state index contributed by atoms with van der Waals surface area (Å²) < 4.78 is 18.7. The number of carbonyl (C=O) groups is 2. The van der Waals surface area contributed by atoms with E-state index in [0.29, 0.717) is 36.5 Å². The van der Waals surface area contributed by atoms with Gasteiger partial charge in [-0.15, -0.1) is 0 Å². The van der Waals surface area contributed by atoms with Gasteiger partial charge in [0.05, 0.1) is 0 Å². The Hall–Kier alpha value is -3.67. The standard InChI is InChI=1S/C24H23FN2O3/c25-20-12-14-21(15-13-20)27(24(29)19-8-3-1-4-9-19)17-7-16-26-23(28)18-30-22-10-5-2-6-11-22/h1-6,8-15H,7,16-18H2,(H,26,28). The molecule has 0 aliphatic rings. The van der Waals surface area contributed by atoms with Gasteiger partial charge in [0.25, 0.3) is 11.8 Å². The van der Waals surface area contributed by atoms with Gasteiger partial charge in [-0.25, -0.2) is 4.39 Å². The van der Waals surface area contributed by atoms with Crippen molar-refractivity contribution in [2.24, 2.45) is 0 Å². The number of benzene rings is 3. The molecule has 3 rings (SSSR count). The Labute approximate surface area is 175 Å². The van der Waals surface area contributed by atoms with Crippen molar-refractivity contribution in [2.75, 3.05) is 24.6 Å².